The van der Waals surface area contributed by atoms with Gasteiger partial charge in [0.25, 0.3) is 0 Å². The largest absolute Gasteiger partial charge is 0.489 e. The van der Waals surface area contributed by atoms with Crippen molar-refractivity contribution in [2.45, 2.75) is 18.9 Å². The molecule has 0 fully saturated rings. The Morgan fingerprint density at radius 3 is 3.19 bits per heavy atom. The third kappa shape index (κ3) is 2.26. The summed E-state index contributed by atoms with van der Waals surface area (Å²) in [6.07, 6.45) is 1.97. The SMILES string of the molecule is N#Cc1ccc2c(c1)NC(CCCN)CO2. The molecule has 4 nitrogen and oxygen atoms in total. The number of rotatable bonds is 3. The number of nitrogens with zero attached hydrogens (tertiary/aromatic N) is 1. The lowest BCUT2D eigenvalue weighted by Gasteiger charge is -2.27. The number of fused-ring (bicyclic) bond motifs is 1. The smallest absolute Gasteiger partial charge is 0.142 e. The molecule has 0 aromatic heterocycles. The fourth-order valence-corrected chi connectivity index (χ4v) is 1.81. The lowest BCUT2D eigenvalue weighted by atomic mass is 10.1. The number of ether oxygens (including phenoxy) is 1. The summed E-state index contributed by atoms with van der Waals surface area (Å²) >= 11 is 0. The van der Waals surface area contributed by atoms with Crippen LogP contribution in [0.4, 0.5) is 5.69 Å². The Labute approximate surface area is 95.0 Å². The number of hydrogen-bond acceptors (Lipinski definition) is 4. The van der Waals surface area contributed by atoms with Crippen LogP contribution >= 0.6 is 0 Å². The minimum absolute atomic E-state index is 0.296. The maximum Gasteiger partial charge on any atom is 0.142 e. The molecule has 1 aliphatic heterocycles. The highest BCUT2D eigenvalue weighted by atomic mass is 16.5. The van der Waals surface area contributed by atoms with E-state index in [2.05, 4.69) is 11.4 Å². The van der Waals surface area contributed by atoms with Gasteiger partial charge in [-0.25, -0.2) is 0 Å². The van der Waals surface area contributed by atoms with Crippen molar-refractivity contribution in [3.63, 3.8) is 0 Å². The maximum atomic E-state index is 8.81. The number of nitrogens with two attached hydrogens (primary N) is 1. The summed E-state index contributed by atoms with van der Waals surface area (Å²) in [7, 11) is 0. The number of anilines is 1. The van der Waals surface area contributed by atoms with Crippen molar-refractivity contribution in [1.82, 2.24) is 0 Å². The molecule has 0 spiro atoms. The summed E-state index contributed by atoms with van der Waals surface area (Å²) in [4.78, 5) is 0. The summed E-state index contributed by atoms with van der Waals surface area (Å²) in [5.74, 6) is 0.822. The first-order chi connectivity index (χ1) is 7.83. The van der Waals surface area contributed by atoms with E-state index < -0.39 is 0 Å². The molecule has 4 heteroatoms. The molecule has 0 saturated heterocycles. The summed E-state index contributed by atoms with van der Waals surface area (Å²) in [6, 6.07) is 7.84. The van der Waals surface area contributed by atoms with E-state index in [1.165, 1.54) is 0 Å². The molecule has 16 heavy (non-hydrogen) atoms. The highest BCUT2D eigenvalue weighted by Gasteiger charge is 2.18. The molecule has 0 amide bonds. The van der Waals surface area contributed by atoms with Gasteiger partial charge in [0.1, 0.15) is 12.4 Å². The van der Waals surface area contributed by atoms with Crippen LogP contribution < -0.4 is 15.8 Å². The monoisotopic (exact) mass is 217 g/mol. The molecule has 1 unspecified atom stereocenters. The van der Waals surface area contributed by atoms with E-state index in [-0.39, 0.29) is 0 Å². The Morgan fingerprint density at radius 1 is 1.56 bits per heavy atom. The van der Waals surface area contributed by atoms with Gasteiger partial charge in [0, 0.05) is 0 Å². The third-order valence-electron chi connectivity index (χ3n) is 2.67. The standard InChI is InChI=1S/C12H15N3O/c13-5-1-2-10-8-16-12-4-3-9(7-14)6-11(12)15-10/h3-4,6,10,15H,1-2,5,8,13H2. The van der Waals surface area contributed by atoms with Crippen LogP contribution in [0.3, 0.4) is 0 Å². The van der Waals surface area contributed by atoms with Crippen LogP contribution in [0.1, 0.15) is 18.4 Å². The van der Waals surface area contributed by atoms with Crippen molar-refractivity contribution >= 4 is 5.69 Å². The Hall–Kier alpha value is -1.73. The fraction of sp³-hybridized carbons (Fsp3) is 0.417. The van der Waals surface area contributed by atoms with Crippen molar-refractivity contribution in [1.29, 1.82) is 5.26 Å². The molecular weight excluding hydrogens is 202 g/mol. The topological polar surface area (TPSA) is 71.1 Å². The van der Waals surface area contributed by atoms with Crippen molar-refractivity contribution in [3.8, 4) is 11.8 Å². The van der Waals surface area contributed by atoms with Gasteiger partial charge in [-0.2, -0.15) is 5.26 Å². The Morgan fingerprint density at radius 2 is 2.44 bits per heavy atom. The highest BCUT2D eigenvalue weighted by molar-refractivity contribution is 5.61. The fourth-order valence-electron chi connectivity index (χ4n) is 1.81. The van der Waals surface area contributed by atoms with E-state index in [1.807, 2.05) is 12.1 Å². The molecule has 2 rings (SSSR count). The van der Waals surface area contributed by atoms with Gasteiger partial charge in [0.15, 0.2) is 0 Å². The van der Waals surface area contributed by atoms with Gasteiger partial charge >= 0.3 is 0 Å². The first kappa shape index (κ1) is 10.8. The maximum absolute atomic E-state index is 8.81. The van der Waals surface area contributed by atoms with E-state index >= 15 is 0 Å². The van der Waals surface area contributed by atoms with Gasteiger partial charge in [-0.3, -0.25) is 0 Å². The van der Waals surface area contributed by atoms with Gasteiger partial charge in [0.05, 0.1) is 23.4 Å². The zero-order valence-corrected chi connectivity index (χ0v) is 9.07. The zero-order chi connectivity index (χ0) is 11.4. The predicted octanol–water partition coefficient (Wildman–Crippen LogP) is 1.47. The van der Waals surface area contributed by atoms with E-state index in [1.54, 1.807) is 6.07 Å². The average Bonchev–Trinajstić information content (AvgIpc) is 2.35. The quantitative estimate of drug-likeness (QED) is 0.804. The lowest BCUT2D eigenvalue weighted by Crippen LogP contribution is -2.31. The van der Waals surface area contributed by atoms with Gasteiger partial charge in [0.2, 0.25) is 0 Å². The molecule has 1 aromatic rings. The molecule has 84 valence electrons. The Bertz CT molecular complexity index is 411. The second kappa shape index (κ2) is 4.86. The molecule has 0 bridgehead atoms. The van der Waals surface area contributed by atoms with Crippen LogP contribution in [-0.2, 0) is 0 Å². The van der Waals surface area contributed by atoms with Gasteiger partial charge in [-0.1, -0.05) is 0 Å². The predicted molar refractivity (Wildman–Crippen MR) is 62.4 cm³/mol. The number of nitriles is 1. The van der Waals surface area contributed by atoms with Gasteiger partial charge in [-0.05, 0) is 37.6 Å². The minimum Gasteiger partial charge on any atom is -0.489 e. The molecule has 3 N–H and O–H groups in total. The van der Waals surface area contributed by atoms with E-state index in [9.17, 15) is 0 Å². The second-order valence-corrected chi connectivity index (χ2v) is 3.91. The van der Waals surface area contributed by atoms with Crippen molar-refractivity contribution in [2.75, 3.05) is 18.5 Å². The molecule has 0 saturated carbocycles. The molecular formula is C12H15N3O. The van der Waals surface area contributed by atoms with Crippen LogP contribution in [0.15, 0.2) is 18.2 Å². The van der Waals surface area contributed by atoms with Crippen LogP contribution in [-0.4, -0.2) is 19.2 Å². The van der Waals surface area contributed by atoms with Crippen LogP contribution in [0.5, 0.6) is 5.75 Å². The average molecular weight is 217 g/mol. The number of benzene rings is 1. The van der Waals surface area contributed by atoms with Crippen LogP contribution in [0.25, 0.3) is 0 Å². The third-order valence-corrected chi connectivity index (χ3v) is 2.67. The molecule has 0 radical (unpaired) electrons. The van der Waals surface area contributed by atoms with Gasteiger partial charge in [-0.15, -0.1) is 0 Å². The molecule has 1 aromatic carbocycles. The molecule has 1 aliphatic rings. The first-order valence-electron chi connectivity index (χ1n) is 5.47. The van der Waals surface area contributed by atoms with Crippen molar-refractivity contribution in [2.24, 2.45) is 5.73 Å². The first-order valence-corrected chi connectivity index (χ1v) is 5.47. The normalized spacial score (nSPS) is 17.9. The van der Waals surface area contributed by atoms with Crippen LogP contribution in [0, 0.1) is 11.3 Å². The summed E-state index contributed by atoms with van der Waals surface area (Å²) in [6.45, 7) is 1.36. The Balaban J connectivity index is 2.09. The molecule has 1 heterocycles. The van der Waals surface area contributed by atoms with E-state index in [0.717, 1.165) is 24.3 Å². The van der Waals surface area contributed by atoms with Crippen molar-refractivity contribution in [3.05, 3.63) is 23.8 Å². The van der Waals surface area contributed by atoms with Crippen LogP contribution in [0.2, 0.25) is 0 Å². The summed E-state index contributed by atoms with van der Waals surface area (Å²) in [5.41, 5.74) is 7.03. The number of nitrogens with one attached hydrogen (secondary N) is 1. The second-order valence-electron chi connectivity index (χ2n) is 3.91. The zero-order valence-electron chi connectivity index (χ0n) is 9.07. The highest BCUT2D eigenvalue weighted by Crippen LogP contribution is 2.30. The summed E-state index contributed by atoms with van der Waals surface area (Å²) in [5, 5.41) is 12.2. The summed E-state index contributed by atoms with van der Waals surface area (Å²) < 4.78 is 5.62. The molecule has 1 atom stereocenters. The number of hydrogen-bond donors (Lipinski definition) is 2. The Kier molecular flexibility index (Phi) is 3.28. The minimum atomic E-state index is 0.296. The van der Waals surface area contributed by atoms with Crippen molar-refractivity contribution < 1.29 is 4.74 Å². The lowest BCUT2D eigenvalue weighted by molar-refractivity contribution is 0.277. The van der Waals surface area contributed by atoms with Gasteiger partial charge < -0.3 is 15.8 Å². The molecule has 0 aliphatic carbocycles. The van der Waals surface area contributed by atoms with E-state index in [0.29, 0.717) is 24.8 Å². The van der Waals surface area contributed by atoms with E-state index in [4.69, 9.17) is 15.7 Å².